The molecule has 5 heteroatoms. The summed E-state index contributed by atoms with van der Waals surface area (Å²) in [4.78, 5) is 27.9. The Bertz CT molecular complexity index is 1990. The van der Waals surface area contributed by atoms with Crippen LogP contribution >= 0.6 is 0 Å². The monoisotopic (exact) mass is 642 g/mol. The van der Waals surface area contributed by atoms with Crippen LogP contribution in [0.25, 0.3) is 11.1 Å². The van der Waals surface area contributed by atoms with Crippen LogP contribution in [-0.2, 0) is 27.4 Å². The highest BCUT2D eigenvalue weighted by Gasteiger charge is 2.15. The Hall–Kier alpha value is -6.20. The highest BCUT2D eigenvalue weighted by Crippen LogP contribution is 2.38. The Balaban J connectivity index is 1.25. The van der Waals surface area contributed by atoms with Crippen molar-refractivity contribution >= 4 is 45.9 Å². The summed E-state index contributed by atoms with van der Waals surface area (Å²) in [7, 11) is 0. The molecule has 0 saturated carbocycles. The summed E-state index contributed by atoms with van der Waals surface area (Å²) in [6, 6.07) is 53.9. The number of esters is 1. The minimum Gasteiger partial charge on any atom is -0.461 e. The van der Waals surface area contributed by atoms with E-state index in [1.165, 1.54) is 6.08 Å². The van der Waals surface area contributed by atoms with Gasteiger partial charge in [-0.3, -0.25) is 9.59 Å². The van der Waals surface area contributed by atoms with Crippen LogP contribution in [0.15, 0.2) is 170 Å². The van der Waals surface area contributed by atoms with Crippen molar-refractivity contribution in [2.24, 2.45) is 0 Å². The second-order valence-corrected chi connectivity index (χ2v) is 11.6. The van der Waals surface area contributed by atoms with E-state index in [1.54, 1.807) is 6.92 Å². The zero-order valence-electron chi connectivity index (χ0n) is 27.5. The topological polar surface area (TPSA) is 49.9 Å². The molecule has 0 saturated heterocycles. The van der Waals surface area contributed by atoms with Gasteiger partial charge in [0.1, 0.15) is 6.61 Å². The third-order valence-corrected chi connectivity index (χ3v) is 8.30. The van der Waals surface area contributed by atoms with E-state index in [4.69, 9.17) is 4.74 Å². The highest BCUT2D eigenvalue weighted by atomic mass is 16.5. The fourth-order valence-electron chi connectivity index (χ4n) is 5.70. The quantitative estimate of drug-likeness (QED) is 0.0927. The van der Waals surface area contributed by atoms with Gasteiger partial charge >= 0.3 is 5.97 Å². The molecule has 6 rings (SSSR count). The van der Waals surface area contributed by atoms with Gasteiger partial charge in [0.2, 0.25) is 0 Å². The van der Waals surface area contributed by atoms with Gasteiger partial charge in [-0.1, -0.05) is 98.4 Å². The highest BCUT2D eigenvalue weighted by molar-refractivity contribution is 5.91. The predicted molar refractivity (Wildman–Crippen MR) is 200 cm³/mol. The molecule has 0 N–H and O–H groups in total. The van der Waals surface area contributed by atoms with Crippen molar-refractivity contribution in [3.63, 3.8) is 0 Å². The number of benzene rings is 6. The molecule has 0 aliphatic rings. The Morgan fingerprint density at radius 1 is 0.531 bits per heavy atom. The number of hydrogen-bond acceptors (Lipinski definition) is 5. The van der Waals surface area contributed by atoms with Crippen molar-refractivity contribution in [1.82, 2.24) is 0 Å². The first-order valence-corrected chi connectivity index (χ1v) is 16.4. The van der Waals surface area contributed by atoms with Gasteiger partial charge in [-0.05, 0) is 101 Å². The SMILES string of the molecule is C=CC(=O)Cc1ccc(N(c2ccccc2)c2ccc(-c3ccc(N(c4ccccc4)c4ccc(COC(=O)CC)cc4)cc3)cc2)cc1. The molecule has 0 heterocycles. The maximum atomic E-state index is 11.9. The minimum absolute atomic E-state index is 0.00563. The lowest BCUT2D eigenvalue weighted by Crippen LogP contribution is -2.10. The average Bonchev–Trinajstić information content (AvgIpc) is 3.16. The number of ether oxygens (including phenoxy) is 1. The lowest BCUT2D eigenvalue weighted by Gasteiger charge is -2.26. The molecule has 0 radical (unpaired) electrons. The predicted octanol–water partition coefficient (Wildman–Crippen LogP) is 11.0. The molecule has 0 bridgehead atoms. The summed E-state index contributed by atoms with van der Waals surface area (Å²) in [5.74, 6) is -0.200. The number of hydrogen-bond donors (Lipinski definition) is 0. The first-order chi connectivity index (χ1) is 24.0. The van der Waals surface area contributed by atoms with Gasteiger partial charge in [0.05, 0.1) is 0 Å². The Kier molecular flexibility index (Phi) is 10.4. The summed E-state index contributed by atoms with van der Waals surface area (Å²) in [5.41, 5.74) is 10.3. The Morgan fingerprint density at radius 3 is 1.29 bits per heavy atom. The van der Waals surface area contributed by atoms with E-state index in [1.807, 2.05) is 60.7 Å². The van der Waals surface area contributed by atoms with Crippen molar-refractivity contribution in [1.29, 1.82) is 0 Å². The lowest BCUT2D eigenvalue weighted by atomic mass is 10.0. The average molecular weight is 643 g/mol. The first kappa shape index (κ1) is 32.7. The molecule has 0 aliphatic heterocycles. The van der Waals surface area contributed by atoms with E-state index in [0.29, 0.717) is 12.8 Å². The van der Waals surface area contributed by atoms with Crippen LogP contribution in [-0.4, -0.2) is 11.8 Å². The van der Waals surface area contributed by atoms with Gasteiger partial charge < -0.3 is 14.5 Å². The van der Waals surface area contributed by atoms with Crippen molar-refractivity contribution in [3.05, 3.63) is 182 Å². The number of rotatable bonds is 13. The van der Waals surface area contributed by atoms with Crippen LogP contribution in [0.5, 0.6) is 0 Å². The van der Waals surface area contributed by atoms with Crippen LogP contribution in [0.3, 0.4) is 0 Å². The summed E-state index contributed by atoms with van der Waals surface area (Å²) in [5, 5.41) is 0. The maximum absolute atomic E-state index is 11.9. The van der Waals surface area contributed by atoms with E-state index < -0.39 is 0 Å². The van der Waals surface area contributed by atoms with E-state index in [0.717, 1.165) is 56.4 Å². The number of nitrogens with zero attached hydrogens (tertiary/aromatic N) is 2. The van der Waals surface area contributed by atoms with Crippen LogP contribution in [0, 0.1) is 0 Å². The number of ketones is 1. The third-order valence-electron chi connectivity index (χ3n) is 8.30. The molecule has 242 valence electrons. The maximum Gasteiger partial charge on any atom is 0.305 e. The Labute approximate surface area is 288 Å². The zero-order chi connectivity index (χ0) is 34.0. The van der Waals surface area contributed by atoms with Crippen LogP contribution in [0.2, 0.25) is 0 Å². The van der Waals surface area contributed by atoms with E-state index in [2.05, 4.69) is 113 Å². The normalized spacial score (nSPS) is 10.6. The largest absolute Gasteiger partial charge is 0.461 e. The molecule has 6 aromatic rings. The number of anilines is 6. The first-order valence-electron chi connectivity index (χ1n) is 16.4. The molecule has 49 heavy (non-hydrogen) atoms. The number of para-hydroxylation sites is 2. The number of allylic oxidation sites excluding steroid dienone is 1. The summed E-state index contributed by atoms with van der Waals surface area (Å²) in [6.45, 7) is 5.65. The van der Waals surface area contributed by atoms with Crippen molar-refractivity contribution in [3.8, 4) is 11.1 Å². The van der Waals surface area contributed by atoms with Crippen LogP contribution in [0.1, 0.15) is 24.5 Å². The van der Waals surface area contributed by atoms with Crippen LogP contribution < -0.4 is 9.80 Å². The third kappa shape index (κ3) is 8.03. The van der Waals surface area contributed by atoms with Gasteiger partial charge in [0.25, 0.3) is 0 Å². The molecule has 0 aromatic heterocycles. The minimum atomic E-state index is -0.206. The molecule has 0 amide bonds. The summed E-state index contributed by atoms with van der Waals surface area (Å²) >= 11 is 0. The lowest BCUT2D eigenvalue weighted by molar-refractivity contribution is -0.144. The number of carbonyl (C=O) groups excluding carboxylic acids is 2. The van der Waals surface area contributed by atoms with Gasteiger partial charge in [-0.25, -0.2) is 0 Å². The van der Waals surface area contributed by atoms with Crippen molar-refractivity contribution in [2.75, 3.05) is 9.80 Å². The molecule has 6 aromatic carbocycles. The van der Waals surface area contributed by atoms with Gasteiger partial charge in [0, 0.05) is 47.0 Å². The van der Waals surface area contributed by atoms with Crippen LogP contribution in [0.4, 0.5) is 34.1 Å². The second-order valence-electron chi connectivity index (χ2n) is 11.6. The Morgan fingerprint density at radius 2 is 0.898 bits per heavy atom. The molecule has 0 unspecified atom stereocenters. The molecule has 0 fully saturated rings. The molecule has 0 spiro atoms. The van der Waals surface area contributed by atoms with Crippen molar-refractivity contribution in [2.45, 2.75) is 26.4 Å². The summed E-state index contributed by atoms with van der Waals surface area (Å²) in [6.07, 6.45) is 2.08. The zero-order valence-corrected chi connectivity index (χ0v) is 27.5. The second kappa shape index (κ2) is 15.6. The van der Waals surface area contributed by atoms with Gasteiger partial charge in [-0.15, -0.1) is 0 Å². The number of carbonyl (C=O) groups is 2. The van der Waals surface area contributed by atoms with E-state index >= 15 is 0 Å². The molecule has 0 atom stereocenters. The molecular weight excluding hydrogens is 604 g/mol. The van der Waals surface area contributed by atoms with Gasteiger partial charge in [-0.2, -0.15) is 0 Å². The molecule has 0 aliphatic carbocycles. The van der Waals surface area contributed by atoms with E-state index in [-0.39, 0.29) is 18.4 Å². The standard InChI is InChI=1S/C44H38N2O3/c1-3-43(47)31-33-15-23-39(24-16-33)45(37-11-7-5-8-12-37)41-27-19-35(20-28-41)36-21-29-42(30-22-36)46(38-13-9-6-10-14-38)40-25-17-34(18-26-40)32-49-44(48)4-2/h3,5-30H,1,4,31-32H2,2H3. The molecular formula is C44H38N2O3. The fraction of sp³-hybridized carbons (Fsp3) is 0.0909. The van der Waals surface area contributed by atoms with E-state index in [9.17, 15) is 9.59 Å². The molecule has 5 nitrogen and oxygen atoms in total. The van der Waals surface area contributed by atoms with Crippen molar-refractivity contribution < 1.29 is 14.3 Å². The van der Waals surface area contributed by atoms with Gasteiger partial charge in [0.15, 0.2) is 5.78 Å². The smallest absolute Gasteiger partial charge is 0.305 e. The summed E-state index contributed by atoms with van der Waals surface area (Å²) < 4.78 is 5.32. The fourth-order valence-corrected chi connectivity index (χ4v) is 5.70.